The van der Waals surface area contributed by atoms with Gasteiger partial charge in [-0.1, -0.05) is 15.9 Å². The number of carbonyl (C=O) groups is 2. The van der Waals surface area contributed by atoms with E-state index in [1.807, 2.05) is 25.1 Å². The third kappa shape index (κ3) is 3.79. The van der Waals surface area contributed by atoms with Gasteiger partial charge in [-0.05, 0) is 31.2 Å². The van der Waals surface area contributed by atoms with Gasteiger partial charge in [0, 0.05) is 42.6 Å². The molecule has 6 nitrogen and oxygen atoms in total. The van der Waals surface area contributed by atoms with E-state index < -0.39 is 0 Å². The molecule has 128 valence electrons. The summed E-state index contributed by atoms with van der Waals surface area (Å²) in [5.41, 5.74) is 0.705. The summed E-state index contributed by atoms with van der Waals surface area (Å²) < 4.78 is 6.62. The van der Waals surface area contributed by atoms with Crippen LogP contribution in [0.5, 0.6) is 0 Å². The Morgan fingerprint density at radius 1 is 1.21 bits per heavy atom. The summed E-state index contributed by atoms with van der Waals surface area (Å²) in [5, 5.41) is 3.70. The molecule has 1 aromatic heterocycles. The molecule has 1 aliphatic heterocycles. The molecule has 1 fully saturated rings. The summed E-state index contributed by atoms with van der Waals surface area (Å²) in [5.74, 6) is 0.292. The number of hydrogen-bond donors (Lipinski definition) is 1. The Morgan fingerprint density at radius 3 is 2.67 bits per heavy atom. The van der Waals surface area contributed by atoms with E-state index in [9.17, 15) is 9.59 Å². The average molecular weight is 394 g/mol. The highest BCUT2D eigenvalue weighted by Crippen LogP contribution is 2.24. The standard InChI is InChI=1S/C17H20BrN3O3/c1-2-19-16(22)11-20-5-7-21(8-6-20)17(23)15-10-12-9-13(18)3-4-14(12)24-15/h3-4,9-10H,2,5-8,11H2,1H3,(H,19,22). The highest BCUT2D eigenvalue weighted by atomic mass is 79.9. The Bertz CT molecular complexity index is 751. The van der Waals surface area contributed by atoms with Crippen LogP contribution in [0.25, 0.3) is 11.0 Å². The molecule has 1 saturated heterocycles. The van der Waals surface area contributed by atoms with E-state index in [0.29, 0.717) is 50.6 Å². The lowest BCUT2D eigenvalue weighted by Gasteiger charge is -2.33. The summed E-state index contributed by atoms with van der Waals surface area (Å²) in [6, 6.07) is 7.45. The van der Waals surface area contributed by atoms with Gasteiger partial charge in [0.2, 0.25) is 5.91 Å². The minimum absolute atomic E-state index is 0.0279. The first kappa shape index (κ1) is 17.0. The Balaban J connectivity index is 1.61. The third-order valence-electron chi connectivity index (χ3n) is 4.09. The van der Waals surface area contributed by atoms with Crippen LogP contribution in [0.1, 0.15) is 17.5 Å². The molecule has 0 atom stereocenters. The number of rotatable bonds is 4. The molecule has 0 aliphatic carbocycles. The molecule has 2 amide bonds. The maximum Gasteiger partial charge on any atom is 0.289 e. The zero-order valence-electron chi connectivity index (χ0n) is 13.5. The van der Waals surface area contributed by atoms with E-state index in [1.54, 1.807) is 11.0 Å². The molecule has 0 bridgehead atoms. The van der Waals surface area contributed by atoms with Crippen LogP contribution in [0.15, 0.2) is 33.2 Å². The SMILES string of the molecule is CCNC(=O)CN1CCN(C(=O)c2cc3cc(Br)ccc3o2)CC1. The number of halogens is 1. The highest BCUT2D eigenvalue weighted by Gasteiger charge is 2.25. The van der Waals surface area contributed by atoms with Crippen LogP contribution in [0.2, 0.25) is 0 Å². The number of carbonyl (C=O) groups excluding carboxylic acids is 2. The van der Waals surface area contributed by atoms with Crippen LogP contribution < -0.4 is 5.32 Å². The molecular weight excluding hydrogens is 374 g/mol. The number of likely N-dealkylation sites (N-methyl/N-ethyl adjacent to an activating group) is 1. The second-order valence-electron chi connectivity index (χ2n) is 5.81. The molecule has 2 aromatic rings. The summed E-state index contributed by atoms with van der Waals surface area (Å²) in [6.45, 7) is 5.50. The van der Waals surface area contributed by atoms with Crippen LogP contribution in [-0.2, 0) is 4.79 Å². The maximum atomic E-state index is 12.6. The summed E-state index contributed by atoms with van der Waals surface area (Å²) >= 11 is 3.42. The molecular formula is C17H20BrN3O3. The topological polar surface area (TPSA) is 65.8 Å². The van der Waals surface area contributed by atoms with E-state index in [-0.39, 0.29) is 11.8 Å². The lowest BCUT2D eigenvalue weighted by molar-refractivity contribution is -0.122. The first-order valence-corrected chi connectivity index (χ1v) is 8.83. The predicted molar refractivity (Wildman–Crippen MR) is 94.9 cm³/mol. The van der Waals surface area contributed by atoms with E-state index in [1.165, 1.54) is 0 Å². The summed E-state index contributed by atoms with van der Waals surface area (Å²) in [6.07, 6.45) is 0. The normalized spacial score (nSPS) is 15.7. The van der Waals surface area contributed by atoms with E-state index >= 15 is 0 Å². The second-order valence-corrected chi connectivity index (χ2v) is 6.73. The number of piperazine rings is 1. The van der Waals surface area contributed by atoms with Crippen molar-refractivity contribution in [1.29, 1.82) is 0 Å². The van der Waals surface area contributed by atoms with E-state index in [2.05, 4.69) is 26.1 Å². The van der Waals surface area contributed by atoms with Crippen molar-refractivity contribution < 1.29 is 14.0 Å². The van der Waals surface area contributed by atoms with Gasteiger partial charge >= 0.3 is 0 Å². The fourth-order valence-corrected chi connectivity index (χ4v) is 3.22. The van der Waals surface area contributed by atoms with Crippen LogP contribution in [0, 0.1) is 0 Å². The fourth-order valence-electron chi connectivity index (χ4n) is 2.84. The number of fused-ring (bicyclic) bond motifs is 1. The van der Waals surface area contributed by atoms with Crippen LogP contribution in [0.4, 0.5) is 0 Å². The third-order valence-corrected chi connectivity index (χ3v) is 4.58. The number of nitrogens with one attached hydrogen (secondary N) is 1. The van der Waals surface area contributed by atoms with Gasteiger partial charge < -0.3 is 14.6 Å². The smallest absolute Gasteiger partial charge is 0.289 e. The maximum absolute atomic E-state index is 12.6. The van der Waals surface area contributed by atoms with Crippen molar-refractivity contribution in [2.75, 3.05) is 39.3 Å². The molecule has 0 spiro atoms. The number of furan rings is 1. The Morgan fingerprint density at radius 2 is 1.96 bits per heavy atom. The highest BCUT2D eigenvalue weighted by molar-refractivity contribution is 9.10. The van der Waals surface area contributed by atoms with E-state index in [0.717, 1.165) is 9.86 Å². The Labute approximate surface area is 148 Å². The van der Waals surface area contributed by atoms with Crippen molar-refractivity contribution in [2.24, 2.45) is 0 Å². The van der Waals surface area contributed by atoms with Gasteiger partial charge in [0.05, 0.1) is 6.54 Å². The second kappa shape index (κ2) is 7.36. The van der Waals surface area contributed by atoms with Gasteiger partial charge in [0.1, 0.15) is 5.58 Å². The molecule has 1 aliphatic rings. The monoisotopic (exact) mass is 393 g/mol. The van der Waals surface area contributed by atoms with Gasteiger partial charge in [-0.25, -0.2) is 0 Å². The lowest BCUT2D eigenvalue weighted by Crippen LogP contribution is -2.51. The van der Waals surface area contributed by atoms with Crippen molar-refractivity contribution in [3.8, 4) is 0 Å². The predicted octanol–water partition coefficient (Wildman–Crippen LogP) is 2.09. The first-order valence-electron chi connectivity index (χ1n) is 8.04. The zero-order chi connectivity index (χ0) is 17.1. The van der Waals surface area contributed by atoms with Crippen molar-refractivity contribution in [1.82, 2.24) is 15.1 Å². The molecule has 0 radical (unpaired) electrons. The number of nitrogens with zero attached hydrogens (tertiary/aromatic N) is 2. The van der Waals surface area contributed by atoms with E-state index in [4.69, 9.17) is 4.42 Å². The fraction of sp³-hybridized carbons (Fsp3) is 0.412. The van der Waals surface area contributed by atoms with Gasteiger partial charge in [-0.15, -0.1) is 0 Å². The molecule has 1 aromatic carbocycles. The quantitative estimate of drug-likeness (QED) is 0.863. The number of hydrogen-bond acceptors (Lipinski definition) is 4. The van der Waals surface area contributed by atoms with Crippen LogP contribution in [-0.4, -0.2) is 60.9 Å². The van der Waals surface area contributed by atoms with Crippen LogP contribution >= 0.6 is 15.9 Å². The molecule has 3 rings (SSSR count). The summed E-state index contributed by atoms with van der Waals surface area (Å²) in [7, 11) is 0. The van der Waals surface area contributed by atoms with Crippen molar-refractivity contribution in [3.05, 3.63) is 34.5 Å². The number of benzene rings is 1. The number of amides is 2. The molecule has 1 N–H and O–H groups in total. The van der Waals surface area contributed by atoms with Crippen molar-refractivity contribution >= 4 is 38.7 Å². The minimum atomic E-state index is -0.0972. The lowest BCUT2D eigenvalue weighted by atomic mass is 10.2. The zero-order valence-corrected chi connectivity index (χ0v) is 15.1. The molecule has 24 heavy (non-hydrogen) atoms. The van der Waals surface area contributed by atoms with Crippen molar-refractivity contribution in [3.63, 3.8) is 0 Å². The Hall–Kier alpha value is -1.86. The first-order chi connectivity index (χ1) is 11.6. The molecule has 2 heterocycles. The van der Waals surface area contributed by atoms with Gasteiger partial charge in [-0.3, -0.25) is 14.5 Å². The van der Waals surface area contributed by atoms with Gasteiger partial charge in [0.25, 0.3) is 5.91 Å². The summed E-state index contributed by atoms with van der Waals surface area (Å²) in [4.78, 5) is 28.1. The Kier molecular flexibility index (Phi) is 5.20. The largest absolute Gasteiger partial charge is 0.451 e. The van der Waals surface area contributed by atoms with Gasteiger partial charge in [-0.2, -0.15) is 0 Å². The average Bonchev–Trinajstić information content (AvgIpc) is 2.98. The van der Waals surface area contributed by atoms with Gasteiger partial charge in [0.15, 0.2) is 5.76 Å². The van der Waals surface area contributed by atoms with Crippen LogP contribution in [0.3, 0.4) is 0 Å². The molecule has 0 saturated carbocycles. The minimum Gasteiger partial charge on any atom is -0.451 e. The molecule has 7 heteroatoms. The molecule has 0 unspecified atom stereocenters. The van der Waals surface area contributed by atoms with Crippen molar-refractivity contribution in [2.45, 2.75) is 6.92 Å².